The van der Waals surface area contributed by atoms with Gasteiger partial charge in [-0.25, -0.2) is 0 Å². The number of fused-ring (bicyclic) bond motifs is 2. The van der Waals surface area contributed by atoms with Crippen molar-refractivity contribution in [3.63, 3.8) is 0 Å². The molecule has 0 unspecified atom stereocenters. The Morgan fingerprint density at radius 3 is 2.64 bits per heavy atom. The smallest absolute Gasteiger partial charge is 0.310 e. The summed E-state index contributed by atoms with van der Waals surface area (Å²) in [7, 11) is 0. The van der Waals surface area contributed by atoms with Gasteiger partial charge < -0.3 is 15.2 Å². The van der Waals surface area contributed by atoms with Gasteiger partial charge in [-0.05, 0) is 18.4 Å². The number of nitrogens with zero attached hydrogens (tertiary/aromatic N) is 2. The van der Waals surface area contributed by atoms with Crippen LogP contribution in [0.1, 0.15) is 18.4 Å². The van der Waals surface area contributed by atoms with Crippen LogP contribution in [-0.4, -0.2) is 39.0 Å². The van der Waals surface area contributed by atoms with E-state index in [-0.39, 0.29) is 18.1 Å². The molecule has 2 saturated heterocycles. The quantitative estimate of drug-likeness (QED) is 0.864. The van der Waals surface area contributed by atoms with Crippen LogP contribution in [0.25, 0.3) is 0 Å². The second-order valence-corrected chi connectivity index (χ2v) is 6.58. The molecule has 0 spiro atoms. The molecule has 2 aliphatic heterocycles. The lowest BCUT2D eigenvalue weighted by atomic mass is 9.78. The molecule has 1 aromatic carbocycles. The van der Waals surface area contributed by atoms with Crippen molar-refractivity contribution in [2.24, 2.45) is 11.8 Å². The summed E-state index contributed by atoms with van der Waals surface area (Å²) >= 11 is 0. The Morgan fingerprint density at radius 2 is 1.92 bits per heavy atom. The Morgan fingerprint density at radius 1 is 1.20 bits per heavy atom. The van der Waals surface area contributed by atoms with Crippen LogP contribution in [0.15, 0.2) is 42.7 Å². The van der Waals surface area contributed by atoms with E-state index < -0.39 is 17.8 Å². The van der Waals surface area contributed by atoms with Gasteiger partial charge in [0.1, 0.15) is 0 Å². The van der Waals surface area contributed by atoms with Gasteiger partial charge in [0, 0.05) is 6.20 Å². The van der Waals surface area contributed by atoms with Gasteiger partial charge in [0.2, 0.25) is 5.91 Å². The molecular weight excluding hydrogens is 322 g/mol. The lowest BCUT2D eigenvalue weighted by Gasteiger charge is -2.23. The minimum absolute atomic E-state index is 0.300. The van der Waals surface area contributed by atoms with Gasteiger partial charge in [0.15, 0.2) is 0 Å². The van der Waals surface area contributed by atoms with Crippen molar-refractivity contribution in [2.75, 3.05) is 5.32 Å². The van der Waals surface area contributed by atoms with Crippen LogP contribution >= 0.6 is 0 Å². The highest BCUT2D eigenvalue weighted by Crippen LogP contribution is 2.44. The third-order valence-corrected chi connectivity index (χ3v) is 4.95. The van der Waals surface area contributed by atoms with Crippen LogP contribution in [-0.2, 0) is 20.9 Å². The molecule has 2 bridgehead atoms. The van der Waals surface area contributed by atoms with Crippen molar-refractivity contribution in [2.45, 2.75) is 31.6 Å². The first kappa shape index (κ1) is 15.8. The van der Waals surface area contributed by atoms with Crippen molar-refractivity contribution < 1.29 is 19.4 Å². The molecule has 0 radical (unpaired) electrons. The lowest BCUT2D eigenvalue weighted by Crippen LogP contribution is -2.40. The number of carboxylic acids is 1. The number of hydrogen-bond acceptors (Lipinski definition) is 4. The molecule has 4 rings (SSSR count). The number of rotatable bonds is 5. The SMILES string of the molecule is O=C(O)[C@H]1[C@H](C(=O)Nc2cnn(Cc3ccccc3)c2)[C@H]2CC[C@H]1O2. The number of carbonyl (C=O) groups excluding carboxylic acids is 1. The summed E-state index contributed by atoms with van der Waals surface area (Å²) in [6.07, 6.45) is 4.11. The van der Waals surface area contributed by atoms with Gasteiger partial charge in [-0.15, -0.1) is 0 Å². The van der Waals surface area contributed by atoms with Crippen LogP contribution in [0, 0.1) is 11.8 Å². The minimum Gasteiger partial charge on any atom is -0.481 e. The van der Waals surface area contributed by atoms with Gasteiger partial charge in [-0.2, -0.15) is 5.10 Å². The van der Waals surface area contributed by atoms with E-state index in [1.807, 2.05) is 30.3 Å². The summed E-state index contributed by atoms with van der Waals surface area (Å²) in [4.78, 5) is 24.1. The molecule has 1 aromatic heterocycles. The average molecular weight is 341 g/mol. The Bertz CT molecular complexity index is 789. The van der Waals surface area contributed by atoms with E-state index in [1.54, 1.807) is 17.1 Å². The number of ether oxygens (including phenoxy) is 1. The van der Waals surface area contributed by atoms with Gasteiger partial charge in [-0.3, -0.25) is 14.3 Å². The summed E-state index contributed by atoms with van der Waals surface area (Å²) < 4.78 is 7.37. The third-order valence-electron chi connectivity index (χ3n) is 4.95. The van der Waals surface area contributed by atoms with Crippen LogP contribution in [0.5, 0.6) is 0 Å². The molecule has 1 amide bonds. The largest absolute Gasteiger partial charge is 0.481 e. The average Bonchev–Trinajstić information content (AvgIpc) is 3.31. The summed E-state index contributed by atoms with van der Waals surface area (Å²) in [6.45, 7) is 0.603. The summed E-state index contributed by atoms with van der Waals surface area (Å²) in [6, 6.07) is 9.88. The van der Waals surface area contributed by atoms with Crippen molar-refractivity contribution >= 4 is 17.6 Å². The molecule has 3 heterocycles. The number of aliphatic carboxylic acids is 1. The third kappa shape index (κ3) is 3.02. The highest BCUT2D eigenvalue weighted by Gasteiger charge is 2.55. The zero-order valence-corrected chi connectivity index (χ0v) is 13.5. The Balaban J connectivity index is 1.44. The van der Waals surface area contributed by atoms with E-state index >= 15 is 0 Å². The molecular formula is C18H19N3O4. The molecule has 2 aromatic rings. The number of amides is 1. The lowest BCUT2D eigenvalue weighted by molar-refractivity contribution is -0.147. The molecule has 4 atom stereocenters. The minimum atomic E-state index is -0.966. The molecule has 7 nitrogen and oxygen atoms in total. The topological polar surface area (TPSA) is 93.5 Å². The van der Waals surface area contributed by atoms with Gasteiger partial charge in [-0.1, -0.05) is 30.3 Å². The fourth-order valence-corrected chi connectivity index (χ4v) is 3.84. The second-order valence-electron chi connectivity index (χ2n) is 6.58. The Hall–Kier alpha value is -2.67. The molecule has 0 aliphatic carbocycles. The summed E-state index contributed by atoms with van der Waals surface area (Å²) in [5, 5.41) is 16.5. The van der Waals surface area contributed by atoms with E-state index in [2.05, 4.69) is 10.4 Å². The van der Waals surface area contributed by atoms with Crippen LogP contribution in [0.4, 0.5) is 5.69 Å². The maximum atomic E-state index is 12.6. The second kappa shape index (κ2) is 6.33. The van der Waals surface area contributed by atoms with E-state index in [1.165, 1.54) is 0 Å². The first-order valence-corrected chi connectivity index (χ1v) is 8.37. The van der Waals surface area contributed by atoms with Gasteiger partial charge in [0.05, 0.1) is 42.5 Å². The maximum Gasteiger partial charge on any atom is 0.310 e. The Kier molecular flexibility index (Phi) is 4.01. The zero-order chi connectivity index (χ0) is 17.4. The number of hydrogen-bond donors (Lipinski definition) is 2. The summed E-state index contributed by atoms with van der Waals surface area (Å²) in [5.74, 6) is -2.68. The van der Waals surface area contributed by atoms with Gasteiger partial charge >= 0.3 is 5.97 Å². The Labute approximate surface area is 144 Å². The first-order chi connectivity index (χ1) is 12.1. The molecule has 25 heavy (non-hydrogen) atoms. The predicted octanol–water partition coefficient (Wildman–Crippen LogP) is 1.75. The molecule has 2 N–H and O–H groups in total. The first-order valence-electron chi connectivity index (χ1n) is 8.37. The van der Waals surface area contributed by atoms with Gasteiger partial charge in [0.25, 0.3) is 0 Å². The van der Waals surface area contributed by atoms with Crippen molar-refractivity contribution in [3.8, 4) is 0 Å². The number of nitrogens with one attached hydrogen (secondary N) is 1. The standard InChI is InChI=1S/C18H19N3O4/c22-17(15-13-6-7-14(25-13)16(15)18(23)24)20-12-8-19-21(10-12)9-11-4-2-1-3-5-11/h1-5,8,10,13-16H,6-7,9H2,(H,20,22)(H,23,24)/t13-,14-,15-,16-/m1/s1. The maximum absolute atomic E-state index is 12.6. The van der Waals surface area contributed by atoms with E-state index in [4.69, 9.17) is 4.74 Å². The fourth-order valence-electron chi connectivity index (χ4n) is 3.84. The van der Waals surface area contributed by atoms with E-state index in [9.17, 15) is 14.7 Å². The molecule has 2 aliphatic rings. The van der Waals surface area contributed by atoms with Crippen molar-refractivity contribution in [1.82, 2.24) is 9.78 Å². The zero-order valence-electron chi connectivity index (χ0n) is 13.5. The number of carboxylic acid groups (broad SMARTS) is 1. The van der Waals surface area contributed by atoms with Crippen molar-refractivity contribution in [3.05, 3.63) is 48.3 Å². The molecule has 2 fully saturated rings. The summed E-state index contributed by atoms with van der Waals surface area (Å²) in [5.41, 5.74) is 1.67. The molecule has 7 heteroatoms. The highest BCUT2D eigenvalue weighted by molar-refractivity contribution is 5.96. The number of carbonyl (C=O) groups is 2. The van der Waals surface area contributed by atoms with Crippen LogP contribution in [0.3, 0.4) is 0 Å². The fraction of sp³-hybridized carbons (Fsp3) is 0.389. The highest BCUT2D eigenvalue weighted by atomic mass is 16.5. The van der Waals surface area contributed by atoms with E-state index in [0.29, 0.717) is 18.7 Å². The monoisotopic (exact) mass is 341 g/mol. The molecule has 0 saturated carbocycles. The number of aromatic nitrogens is 2. The number of anilines is 1. The van der Waals surface area contributed by atoms with Crippen LogP contribution in [0.2, 0.25) is 0 Å². The normalized spacial score (nSPS) is 27.4. The predicted molar refractivity (Wildman–Crippen MR) is 88.9 cm³/mol. The van der Waals surface area contributed by atoms with E-state index in [0.717, 1.165) is 12.0 Å². The number of benzene rings is 1. The van der Waals surface area contributed by atoms with Crippen LogP contribution < -0.4 is 5.32 Å². The van der Waals surface area contributed by atoms with Crippen molar-refractivity contribution in [1.29, 1.82) is 0 Å². The molecule has 130 valence electrons.